The number of pyridine rings is 1. The van der Waals surface area contributed by atoms with Gasteiger partial charge in [0.15, 0.2) is 16.0 Å². The highest BCUT2D eigenvalue weighted by molar-refractivity contribution is 7.91. The van der Waals surface area contributed by atoms with Gasteiger partial charge in [-0.05, 0) is 16.0 Å². The number of anilines is 1. The summed E-state index contributed by atoms with van der Waals surface area (Å²) in [5.41, 5.74) is 0.474. The van der Waals surface area contributed by atoms with Gasteiger partial charge in [0.25, 0.3) is 0 Å². The minimum Gasteiger partial charge on any atom is -0.481 e. The molecule has 0 amide bonds. The molecular formula is C11H13N3O6S. The quantitative estimate of drug-likeness (QED) is 0.610. The minimum atomic E-state index is -3.27. The van der Waals surface area contributed by atoms with E-state index >= 15 is 0 Å². The molecule has 2 heterocycles. The van der Waals surface area contributed by atoms with E-state index in [9.17, 15) is 23.3 Å². The molecule has 1 aromatic rings. The first-order valence-electron chi connectivity index (χ1n) is 6.08. The van der Waals surface area contributed by atoms with Crippen molar-refractivity contribution in [1.29, 1.82) is 0 Å². The van der Waals surface area contributed by atoms with Gasteiger partial charge in [0.05, 0.1) is 29.7 Å². The Hall–Kier alpha value is -2.23. The van der Waals surface area contributed by atoms with Gasteiger partial charge in [-0.3, -0.25) is 4.79 Å². The van der Waals surface area contributed by atoms with Gasteiger partial charge < -0.3 is 20.1 Å². The number of aromatic nitrogens is 1. The van der Waals surface area contributed by atoms with Crippen molar-refractivity contribution < 1.29 is 23.2 Å². The van der Waals surface area contributed by atoms with E-state index in [1.54, 1.807) is 4.90 Å². The number of sulfone groups is 1. The van der Waals surface area contributed by atoms with Crippen LogP contribution >= 0.6 is 0 Å². The van der Waals surface area contributed by atoms with Crippen molar-refractivity contribution in [3.05, 3.63) is 28.4 Å². The molecule has 9 nitrogen and oxygen atoms in total. The Balaban J connectivity index is 2.26. The molecule has 0 radical (unpaired) electrons. The van der Waals surface area contributed by atoms with Crippen LogP contribution in [0.15, 0.2) is 18.3 Å². The highest BCUT2D eigenvalue weighted by Crippen LogP contribution is 2.24. The van der Waals surface area contributed by atoms with Crippen LogP contribution in [0.25, 0.3) is 0 Å². The van der Waals surface area contributed by atoms with Crippen LogP contribution in [0.3, 0.4) is 0 Å². The standard InChI is InChI=1S/C11H13N3O6S/c15-11(16)5-9-7-21(19,20)4-3-13(9)8-1-2-10(12-6-8)14(17)18/h1-2,6,9H,3-5,7H2,(H,15,16). The molecule has 0 bridgehead atoms. The Bertz CT molecular complexity index is 657. The number of hydrogen-bond donors (Lipinski definition) is 1. The van der Waals surface area contributed by atoms with Crippen molar-refractivity contribution >= 4 is 27.3 Å². The predicted molar refractivity (Wildman–Crippen MR) is 72.9 cm³/mol. The first-order valence-corrected chi connectivity index (χ1v) is 7.90. The normalized spacial score (nSPS) is 21.0. The maximum atomic E-state index is 11.6. The highest BCUT2D eigenvalue weighted by Gasteiger charge is 2.33. The second-order valence-corrected chi connectivity index (χ2v) is 6.92. The van der Waals surface area contributed by atoms with Crippen LogP contribution in [0.4, 0.5) is 11.5 Å². The summed E-state index contributed by atoms with van der Waals surface area (Å²) in [5, 5.41) is 19.4. The van der Waals surface area contributed by atoms with Crippen molar-refractivity contribution in [2.75, 3.05) is 23.0 Å². The van der Waals surface area contributed by atoms with Crippen LogP contribution < -0.4 is 4.90 Å². The number of nitrogens with zero attached hydrogens (tertiary/aromatic N) is 3. The average Bonchev–Trinajstić information content (AvgIpc) is 2.37. The van der Waals surface area contributed by atoms with Crippen LogP contribution in [0, 0.1) is 10.1 Å². The fourth-order valence-electron chi connectivity index (χ4n) is 2.25. The Labute approximate surface area is 120 Å². The molecule has 1 N–H and O–H groups in total. The molecule has 114 valence electrons. The van der Waals surface area contributed by atoms with Gasteiger partial charge in [-0.1, -0.05) is 0 Å². The second kappa shape index (κ2) is 5.64. The van der Waals surface area contributed by atoms with Gasteiger partial charge in [-0.2, -0.15) is 0 Å². The van der Waals surface area contributed by atoms with Crippen LogP contribution in [0.1, 0.15) is 6.42 Å². The van der Waals surface area contributed by atoms with Gasteiger partial charge in [-0.15, -0.1) is 0 Å². The van der Waals surface area contributed by atoms with E-state index in [4.69, 9.17) is 5.11 Å². The van der Waals surface area contributed by atoms with Gasteiger partial charge in [-0.25, -0.2) is 8.42 Å². The number of carboxylic acid groups (broad SMARTS) is 1. The first-order chi connectivity index (χ1) is 9.78. The molecule has 0 aromatic carbocycles. The number of rotatable bonds is 4. The van der Waals surface area contributed by atoms with Crippen molar-refractivity contribution in [2.45, 2.75) is 12.5 Å². The van der Waals surface area contributed by atoms with Crippen molar-refractivity contribution in [1.82, 2.24) is 4.98 Å². The number of carbonyl (C=O) groups is 1. The lowest BCUT2D eigenvalue weighted by atomic mass is 10.2. The third-order valence-corrected chi connectivity index (χ3v) is 4.89. The third-order valence-electron chi connectivity index (χ3n) is 3.19. The summed E-state index contributed by atoms with van der Waals surface area (Å²) in [7, 11) is -3.27. The summed E-state index contributed by atoms with van der Waals surface area (Å²) in [6, 6.07) is 1.94. The summed E-state index contributed by atoms with van der Waals surface area (Å²) >= 11 is 0. The predicted octanol–water partition coefficient (Wildman–Crippen LogP) is 0.0679. The Morgan fingerprint density at radius 2 is 2.24 bits per heavy atom. The van der Waals surface area contributed by atoms with Gasteiger partial charge in [0.1, 0.15) is 0 Å². The van der Waals surface area contributed by atoms with Crippen LogP contribution in [0.5, 0.6) is 0 Å². The van der Waals surface area contributed by atoms with E-state index in [2.05, 4.69) is 4.98 Å². The molecule has 1 fully saturated rings. The van der Waals surface area contributed by atoms with Crippen LogP contribution in [-0.4, -0.2) is 53.5 Å². The van der Waals surface area contributed by atoms with Crippen molar-refractivity contribution in [2.24, 2.45) is 0 Å². The summed E-state index contributed by atoms with van der Waals surface area (Å²) < 4.78 is 23.3. The Morgan fingerprint density at radius 1 is 1.52 bits per heavy atom. The molecule has 2 rings (SSSR count). The number of carboxylic acids is 1. The maximum Gasteiger partial charge on any atom is 0.363 e. The highest BCUT2D eigenvalue weighted by atomic mass is 32.2. The SMILES string of the molecule is O=C(O)CC1CS(=O)(=O)CCN1c1ccc([N+](=O)[O-])nc1. The topological polar surface area (TPSA) is 131 Å². The molecule has 0 spiro atoms. The van der Waals surface area contributed by atoms with Crippen LogP contribution in [0.2, 0.25) is 0 Å². The molecule has 1 atom stereocenters. The fourth-order valence-corrected chi connectivity index (χ4v) is 3.78. The zero-order chi connectivity index (χ0) is 15.6. The molecule has 10 heteroatoms. The molecule has 1 aliphatic rings. The number of aliphatic carboxylic acids is 1. The van der Waals surface area contributed by atoms with Crippen molar-refractivity contribution in [3.63, 3.8) is 0 Å². The molecule has 21 heavy (non-hydrogen) atoms. The van der Waals surface area contributed by atoms with E-state index in [0.29, 0.717) is 5.69 Å². The molecule has 1 saturated heterocycles. The molecule has 0 aliphatic carbocycles. The van der Waals surface area contributed by atoms with E-state index in [-0.39, 0.29) is 30.3 Å². The lowest BCUT2D eigenvalue weighted by Gasteiger charge is -2.35. The van der Waals surface area contributed by atoms with E-state index in [1.807, 2.05) is 0 Å². The fraction of sp³-hybridized carbons (Fsp3) is 0.455. The summed E-state index contributed by atoms with van der Waals surface area (Å²) in [6.07, 6.45) is 0.932. The maximum absolute atomic E-state index is 11.6. The average molecular weight is 315 g/mol. The molecule has 1 unspecified atom stereocenters. The van der Waals surface area contributed by atoms with E-state index in [0.717, 1.165) is 0 Å². The number of hydrogen-bond acceptors (Lipinski definition) is 7. The largest absolute Gasteiger partial charge is 0.481 e. The Morgan fingerprint density at radius 3 is 2.76 bits per heavy atom. The summed E-state index contributed by atoms with van der Waals surface area (Å²) in [5.74, 6) is -1.76. The minimum absolute atomic E-state index is 0.0832. The monoisotopic (exact) mass is 315 g/mol. The molecular weight excluding hydrogens is 302 g/mol. The number of nitro groups is 1. The lowest BCUT2D eigenvalue weighted by Crippen LogP contribution is -2.49. The van der Waals surface area contributed by atoms with Crippen molar-refractivity contribution in [3.8, 4) is 0 Å². The zero-order valence-electron chi connectivity index (χ0n) is 10.9. The Kier molecular flexibility index (Phi) is 4.07. The molecule has 1 aliphatic heterocycles. The van der Waals surface area contributed by atoms with Gasteiger partial charge in [0.2, 0.25) is 0 Å². The van der Waals surface area contributed by atoms with Gasteiger partial charge in [0, 0.05) is 12.6 Å². The van der Waals surface area contributed by atoms with E-state index < -0.39 is 26.8 Å². The smallest absolute Gasteiger partial charge is 0.363 e. The van der Waals surface area contributed by atoms with E-state index in [1.165, 1.54) is 18.3 Å². The third kappa shape index (κ3) is 3.66. The van der Waals surface area contributed by atoms with Gasteiger partial charge >= 0.3 is 11.8 Å². The first kappa shape index (κ1) is 15.2. The summed E-state index contributed by atoms with van der Waals surface area (Å²) in [6.45, 7) is 0.139. The summed E-state index contributed by atoms with van der Waals surface area (Å²) in [4.78, 5) is 26.1. The zero-order valence-corrected chi connectivity index (χ0v) is 11.7. The lowest BCUT2D eigenvalue weighted by molar-refractivity contribution is -0.389. The van der Waals surface area contributed by atoms with Crippen LogP contribution in [-0.2, 0) is 14.6 Å². The molecule has 1 aromatic heterocycles. The second-order valence-electron chi connectivity index (χ2n) is 4.69. The molecule has 0 saturated carbocycles.